The zero-order valence-electron chi connectivity index (χ0n) is 15.7. The van der Waals surface area contributed by atoms with Gasteiger partial charge in [0, 0.05) is 22.9 Å². The molecule has 0 unspecified atom stereocenters. The number of nitrogens with zero attached hydrogens (tertiary/aromatic N) is 2. The summed E-state index contributed by atoms with van der Waals surface area (Å²) < 4.78 is 64.1. The van der Waals surface area contributed by atoms with E-state index in [1.54, 1.807) is 11.3 Å². The molecule has 3 N–H and O–H groups in total. The van der Waals surface area contributed by atoms with Crippen LogP contribution in [0.5, 0.6) is 0 Å². The van der Waals surface area contributed by atoms with Crippen LogP contribution in [0.4, 0.5) is 19.0 Å². The lowest BCUT2D eigenvalue weighted by Crippen LogP contribution is -2.13. The third-order valence-electron chi connectivity index (χ3n) is 4.48. The van der Waals surface area contributed by atoms with Gasteiger partial charge in [0.25, 0.3) is 0 Å². The Hall–Kier alpha value is -3.02. The fourth-order valence-electron chi connectivity index (χ4n) is 2.96. The van der Waals surface area contributed by atoms with Crippen LogP contribution in [0.25, 0.3) is 21.5 Å². The molecule has 0 amide bonds. The Kier molecular flexibility index (Phi) is 5.42. The molecule has 2 aromatic carbocycles. The minimum absolute atomic E-state index is 0.00290. The molecule has 11 heteroatoms. The van der Waals surface area contributed by atoms with Gasteiger partial charge in [0.15, 0.2) is 11.5 Å². The van der Waals surface area contributed by atoms with Crippen molar-refractivity contribution in [2.75, 3.05) is 5.32 Å². The smallest absolute Gasteiger partial charge is 0.366 e. The number of halogens is 3. The van der Waals surface area contributed by atoms with Gasteiger partial charge in [-0.15, -0.1) is 11.3 Å². The second kappa shape index (κ2) is 7.91. The van der Waals surface area contributed by atoms with E-state index in [0.29, 0.717) is 0 Å². The maximum atomic E-state index is 13.4. The van der Waals surface area contributed by atoms with E-state index in [2.05, 4.69) is 15.3 Å². The largest absolute Gasteiger partial charge is 0.433 e. The van der Waals surface area contributed by atoms with Gasteiger partial charge >= 0.3 is 6.18 Å². The van der Waals surface area contributed by atoms with Gasteiger partial charge in [0.05, 0.1) is 4.90 Å². The Balaban J connectivity index is 1.68. The van der Waals surface area contributed by atoms with Crippen molar-refractivity contribution in [2.45, 2.75) is 17.6 Å². The molecule has 0 aliphatic rings. The standard InChI is InChI=1S/C20H15F3N4O2S2/c21-20(22,23)17-9-18(25-10-13-11-30-16-4-2-1-3-15(13)16)27-19(26-17)12-5-7-14(8-6-12)31(24,28)29/h1-9,11H,10H2,(H2,24,28,29)(H,25,26,27). The van der Waals surface area contributed by atoms with E-state index in [1.165, 1.54) is 24.3 Å². The molecule has 6 nitrogen and oxygen atoms in total. The number of fused-ring (bicyclic) bond motifs is 1. The molecule has 0 fully saturated rings. The first-order chi connectivity index (χ1) is 14.6. The highest BCUT2D eigenvalue weighted by atomic mass is 32.2. The summed E-state index contributed by atoms with van der Waals surface area (Å²) in [4.78, 5) is 7.63. The van der Waals surface area contributed by atoms with Gasteiger partial charge < -0.3 is 5.32 Å². The van der Waals surface area contributed by atoms with E-state index < -0.39 is 21.9 Å². The summed E-state index contributed by atoms with van der Waals surface area (Å²) in [5, 5.41) is 11.0. The van der Waals surface area contributed by atoms with Gasteiger partial charge in [0.1, 0.15) is 5.82 Å². The summed E-state index contributed by atoms with van der Waals surface area (Å²) in [5.74, 6) is -0.184. The van der Waals surface area contributed by atoms with E-state index in [9.17, 15) is 21.6 Å². The topological polar surface area (TPSA) is 98.0 Å². The fourth-order valence-corrected chi connectivity index (χ4v) is 4.44. The SMILES string of the molecule is NS(=O)(=O)c1ccc(-c2nc(NCc3csc4ccccc34)cc(C(F)(F)F)n2)cc1. The first kappa shape index (κ1) is 21.2. The van der Waals surface area contributed by atoms with Crippen molar-refractivity contribution < 1.29 is 21.6 Å². The van der Waals surface area contributed by atoms with Gasteiger partial charge in [-0.3, -0.25) is 0 Å². The second-order valence-corrected chi connectivity index (χ2v) is 9.11. The predicted octanol–water partition coefficient (Wildman–Crippen LogP) is 4.64. The molecule has 0 spiro atoms. The molecular formula is C20H15F3N4O2S2. The van der Waals surface area contributed by atoms with Gasteiger partial charge in [-0.25, -0.2) is 23.5 Å². The Morgan fingerprint density at radius 2 is 1.74 bits per heavy atom. The molecule has 0 aliphatic heterocycles. The molecule has 31 heavy (non-hydrogen) atoms. The normalized spacial score (nSPS) is 12.3. The van der Waals surface area contributed by atoms with E-state index in [-0.39, 0.29) is 28.6 Å². The van der Waals surface area contributed by atoms with Crippen molar-refractivity contribution in [2.24, 2.45) is 5.14 Å². The fraction of sp³-hybridized carbons (Fsp3) is 0.100. The zero-order valence-corrected chi connectivity index (χ0v) is 17.4. The van der Waals surface area contributed by atoms with Crippen LogP contribution in [-0.2, 0) is 22.7 Å². The lowest BCUT2D eigenvalue weighted by atomic mass is 10.2. The maximum absolute atomic E-state index is 13.4. The van der Waals surface area contributed by atoms with Crippen LogP contribution in [0.2, 0.25) is 0 Å². The molecular weight excluding hydrogens is 449 g/mol. The average molecular weight is 464 g/mol. The number of aromatic nitrogens is 2. The molecule has 0 atom stereocenters. The highest BCUT2D eigenvalue weighted by Gasteiger charge is 2.34. The maximum Gasteiger partial charge on any atom is 0.433 e. The monoisotopic (exact) mass is 464 g/mol. The van der Waals surface area contributed by atoms with E-state index >= 15 is 0 Å². The molecule has 160 valence electrons. The number of nitrogens with one attached hydrogen (secondary N) is 1. The summed E-state index contributed by atoms with van der Waals surface area (Å²) in [6, 6.07) is 13.6. The highest BCUT2D eigenvalue weighted by molar-refractivity contribution is 7.89. The van der Waals surface area contributed by atoms with Crippen LogP contribution in [0.3, 0.4) is 0 Å². The van der Waals surface area contributed by atoms with Crippen LogP contribution < -0.4 is 10.5 Å². The molecule has 2 heterocycles. The molecule has 0 saturated heterocycles. The van der Waals surface area contributed by atoms with Crippen molar-refractivity contribution in [1.82, 2.24) is 9.97 Å². The van der Waals surface area contributed by atoms with Crippen molar-refractivity contribution in [1.29, 1.82) is 0 Å². The summed E-state index contributed by atoms with van der Waals surface area (Å²) >= 11 is 1.55. The lowest BCUT2D eigenvalue weighted by Gasteiger charge is -2.12. The van der Waals surface area contributed by atoms with Crippen LogP contribution >= 0.6 is 11.3 Å². The third-order valence-corrected chi connectivity index (χ3v) is 6.42. The number of sulfonamides is 1. The van der Waals surface area contributed by atoms with Crippen LogP contribution in [-0.4, -0.2) is 18.4 Å². The molecule has 0 aliphatic carbocycles. The van der Waals surface area contributed by atoms with E-state index in [4.69, 9.17) is 5.14 Å². The van der Waals surface area contributed by atoms with Crippen LogP contribution in [0.15, 0.2) is 64.9 Å². The van der Waals surface area contributed by atoms with Crippen molar-refractivity contribution >= 4 is 37.3 Å². The average Bonchev–Trinajstić information content (AvgIpc) is 3.14. The van der Waals surface area contributed by atoms with Crippen molar-refractivity contribution in [3.63, 3.8) is 0 Å². The van der Waals surface area contributed by atoms with Crippen molar-refractivity contribution in [3.8, 4) is 11.4 Å². The number of primary sulfonamides is 1. The highest BCUT2D eigenvalue weighted by Crippen LogP contribution is 2.32. The van der Waals surface area contributed by atoms with Gasteiger partial charge in [0.2, 0.25) is 10.0 Å². The number of benzene rings is 2. The quantitative estimate of drug-likeness (QED) is 0.449. The minimum Gasteiger partial charge on any atom is -0.366 e. The Bertz CT molecular complexity index is 1350. The van der Waals surface area contributed by atoms with E-state index in [0.717, 1.165) is 21.7 Å². The van der Waals surface area contributed by atoms with Gasteiger partial charge in [-0.2, -0.15) is 13.2 Å². The summed E-state index contributed by atoms with van der Waals surface area (Å²) in [5.41, 5.74) is 0.0556. The van der Waals surface area contributed by atoms with Crippen LogP contribution in [0, 0.1) is 0 Å². The lowest BCUT2D eigenvalue weighted by molar-refractivity contribution is -0.141. The van der Waals surface area contributed by atoms with Gasteiger partial charge in [-0.05, 0) is 46.7 Å². The van der Waals surface area contributed by atoms with E-state index in [1.807, 2.05) is 29.6 Å². The molecule has 0 saturated carbocycles. The molecule has 4 rings (SSSR count). The number of anilines is 1. The molecule has 2 aromatic heterocycles. The number of thiophene rings is 1. The zero-order chi connectivity index (χ0) is 22.2. The number of rotatable bonds is 5. The Morgan fingerprint density at radius 3 is 2.42 bits per heavy atom. The Labute approximate surface area is 179 Å². The summed E-state index contributed by atoms with van der Waals surface area (Å²) in [6.07, 6.45) is -4.68. The number of hydrogen-bond donors (Lipinski definition) is 2. The number of hydrogen-bond acceptors (Lipinski definition) is 6. The summed E-state index contributed by atoms with van der Waals surface area (Å²) in [6.45, 7) is 0.280. The number of nitrogens with two attached hydrogens (primary N) is 1. The molecule has 0 bridgehead atoms. The molecule has 0 radical (unpaired) electrons. The number of alkyl halides is 3. The summed E-state index contributed by atoms with van der Waals surface area (Å²) in [7, 11) is -3.93. The molecule has 4 aromatic rings. The minimum atomic E-state index is -4.68. The van der Waals surface area contributed by atoms with Crippen LogP contribution in [0.1, 0.15) is 11.3 Å². The first-order valence-corrected chi connectivity index (χ1v) is 11.3. The second-order valence-electron chi connectivity index (χ2n) is 6.64. The first-order valence-electron chi connectivity index (χ1n) is 8.90. The third kappa shape index (κ3) is 4.68. The van der Waals surface area contributed by atoms with Crippen molar-refractivity contribution in [3.05, 3.63) is 71.2 Å². The predicted molar refractivity (Wildman–Crippen MR) is 113 cm³/mol. The van der Waals surface area contributed by atoms with Gasteiger partial charge in [-0.1, -0.05) is 18.2 Å². The Morgan fingerprint density at radius 1 is 1.03 bits per heavy atom.